The van der Waals surface area contributed by atoms with Crippen LogP contribution in [0, 0.1) is 0 Å². The number of hydrogen-bond acceptors (Lipinski definition) is 3. The van der Waals surface area contributed by atoms with E-state index >= 15 is 0 Å². The van der Waals surface area contributed by atoms with Crippen molar-refractivity contribution < 1.29 is 0 Å². The molecular formula is C4H5NS2. The second-order valence-electron chi connectivity index (χ2n) is 0.991. The molecule has 0 spiro atoms. The van der Waals surface area contributed by atoms with Gasteiger partial charge in [0.05, 0.1) is 5.55 Å². The van der Waals surface area contributed by atoms with Gasteiger partial charge < -0.3 is 0 Å². The van der Waals surface area contributed by atoms with Crippen molar-refractivity contribution in [3.05, 3.63) is 11.6 Å². The largest absolute Gasteiger partial charge is 0.257 e. The van der Waals surface area contributed by atoms with Crippen molar-refractivity contribution in [3.8, 4) is 0 Å². The Morgan fingerprint density at radius 1 is 1.43 bits per heavy atom. The highest BCUT2D eigenvalue weighted by Crippen LogP contribution is 2.13. The fourth-order valence-corrected chi connectivity index (χ4v) is 1.45. The van der Waals surface area contributed by atoms with Gasteiger partial charge in [0.2, 0.25) is 0 Å². The minimum absolute atomic E-state index is 1.10. The Balaban J connectivity index is 2.39. The Kier molecular flexibility index (Phi) is 2.37. The van der Waals surface area contributed by atoms with Crippen molar-refractivity contribution in [2.45, 2.75) is 0 Å². The average molecular weight is 131 g/mol. The van der Waals surface area contributed by atoms with E-state index < -0.39 is 0 Å². The van der Waals surface area contributed by atoms with Crippen molar-refractivity contribution in [2.24, 2.45) is 4.99 Å². The Bertz CT molecular complexity index is 85.9. The van der Waals surface area contributed by atoms with Crippen LogP contribution in [0.15, 0.2) is 16.6 Å². The molecule has 0 radical (unpaired) electrons. The van der Waals surface area contributed by atoms with Crippen LogP contribution in [-0.2, 0) is 0 Å². The molecule has 3 heteroatoms. The van der Waals surface area contributed by atoms with E-state index in [1.54, 1.807) is 23.5 Å². The molecule has 1 aliphatic rings. The molecule has 1 rings (SSSR count). The highest BCUT2D eigenvalue weighted by atomic mass is 32.2. The van der Waals surface area contributed by atoms with Gasteiger partial charge in [-0.25, -0.2) is 0 Å². The Morgan fingerprint density at radius 2 is 2.43 bits per heavy atom. The molecule has 0 atom stereocenters. The maximum atomic E-state index is 3.91. The molecule has 0 saturated heterocycles. The highest BCUT2D eigenvalue weighted by Gasteiger charge is 1.82. The molecule has 0 fully saturated rings. The standard InChI is InChI=1S/C4H5NS2/c1-2-6-4-7-3-5-1/h1-3H,4H2. The van der Waals surface area contributed by atoms with E-state index in [0.29, 0.717) is 0 Å². The minimum Gasteiger partial charge on any atom is -0.257 e. The lowest BCUT2D eigenvalue weighted by atomic mass is 11.0. The smallest absolute Gasteiger partial charge is 0.0605 e. The van der Waals surface area contributed by atoms with Crippen LogP contribution in [0.3, 0.4) is 0 Å². The molecule has 0 unspecified atom stereocenters. The lowest BCUT2D eigenvalue weighted by Crippen LogP contribution is -1.59. The predicted octanol–water partition coefficient (Wildman–Crippen LogP) is 1.92. The third-order valence-corrected chi connectivity index (χ3v) is 2.19. The molecule has 0 amide bonds. The SMILES string of the molecule is C1=CSCSC=N1. The maximum Gasteiger partial charge on any atom is 0.0605 e. The summed E-state index contributed by atoms with van der Waals surface area (Å²) >= 11 is 3.50. The first kappa shape index (κ1) is 5.25. The summed E-state index contributed by atoms with van der Waals surface area (Å²) in [6, 6.07) is 0. The molecule has 0 aromatic carbocycles. The highest BCUT2D eigenvalue weighted by molar-refractivity contribution is 8.23. The van der Waals surface area contributed by atoms with Gasteiger partial charge in [-0.1, -0.05) is 0 Å². The summed E-state index contributed by atoms with van der Waals surface area (Å²) in [5.74, 6) is 0. The van der Waals surface area contributed by atoms with Gasteiger partial charge in [0.25, 0.3) is 0 Å². The van der Waals surface area contributed by atoms with Gasteiger partial charge in [0.15, 0.2) is 0 Å². The molecule has 1 aliphatic heterocycles. The summed E-state index contributed by atoms with van der Waals surface area (Å²) in [5, 5.41) is 3.09. The molecule has 0 aromatic rings. The third-order valence-electron chi connectivity index (χ3n) is 0.515. The van der Waals surface area contributed by atoms with Crippen LogP contribution in [0.5, 0.6) is 0 Å². The van der Waals surface area contributed by atoms with Gasteiger partial charge in [-0.05, 0) is 5.41 Å². The predicted molar refractivity (Wildman–Crippen MR) is 37.7 cm³/mol. The average Bonchev–Trinajstić information content (AvgIpc) is 1.90. The summed E-state index contributed by atoms with van der Waals surface area (Å²) in [5.41, 5.74) is 1.86. The lowest BCUT2D eigenvalue weighted by molar-refractivity contribution is 1.64. The van der Waals surface area contributed by atoms with Crippen LogP contribution < -0.4 is 0 Å². The zero-order valence-corrected chi connectivity index (χ0v) is 5.34. The first-order valence-electron chi connectivity index (χ1n) is 1.90. The van der Waals surface area contributed by atoms with Crippen LogP contribution >= 0.6 is 23.5 Å². The van der Waals surface area contributed by atoms with E-state index in [0.717, 1.165) is 5.08 Å². The van der Waals surface area contributed by atoms with Gasteiger partial charge in [-0.2, -0.15) is 0 Å². The third kappa shape index (κ3) is 2.04. The Morgan fingerprint density at radius 3 is 3.43 bits per heavy atom. The molecule has 0 saturated carbocycles. The fourth-order valence-electron chi connectivity index (χ4n) is 0.265. The zero-order valence-electron chi connectivity index (χ0n) is 3.70. The second kappa shape index (κ2) is 3.16. The number of nitrogens with zero attached hydrogens (tertiary/aromatic N) is 1. The normalized spacial score (nSPS) is 19.4. The topological polar surface area (TPSA) is 12.4 Å². The molecule has 0 aliphatic carbocycles. The molecule has 38 valence electrons. The molecule has 1 nitrogen and oxygen atoms in total. The summed E-state index contributed by atoms with van der Waals surface area (Å²) in [6.07, 6.45) is 1.81. The second-order valence-corrected chi connectivity index (χ2v) is 3.08. The maximum absolute atomic E-state index is 3.91. The van der Waals surface area contributed by atoms with Crippen LogP contribution in [0.25, 0.3) is 0 Å². The summed E-state index contributed by atoms with van der Waals surface area (Å²) in [4.78, 5) is 3.91. The van der Waals surface area contributed by atoms with Crippen LogP contribution in [0.2, 0.25) is 0 Å². The van der Waals surface area contributed by atoms with Crippen molar-refractivity contribution in [2.75, 3.05) is 5.08 Å². The van der Waals surface area contributed by atoms with E-state index in [-0.39, 0.29) is 0 Å². The van der Waals surface area contributed by atoms with Crippen LogP contribution in [-0.4, -0.2) is 10.6 Å². The summed E-state index contributed by atoms with van der Waals surface area (Å²) in [7, 11) is 0. The van der Waals surface area contributed by atoms with Crippen molar-refractivity contribution >= 4 is 29.1 Å². The molecule has 1 heterocycles. The van der Waals surface area contributed by atoms with Gasteiger partial charge in [0, 0.05) is 11.3 Å². The monoisotopic (exact) mass is 131 g/mol. The fraction of sp³-hybridized carbons (Fsp3) is 0.250. The van der Waals surface area contributed by atoms with Gasteiger partial charge >= 0.3 is 0 Å². The molecule has 0 N–H and O–H groups in total. The number of hydrogen-bond donors (Lipinski definition) is 0. The molecule has 0 aromatic heterocycles. The Labute approximate surface area is 51.3 Å². The van der Waals surface area contributed by atoms with Crippen molar-refractivity contribution in [1.82, 2.24) is 0 Å². The van der Waals surface area contributed by atoms with Gasteiger partial charge in [0.1, 0.15) is 0 Å². The summed E-state index contributed by atoms with van der Waals surface area (Å²) in [6.45, 7) is 0. The van der Waals surface area contributed by atoms with E-state index in [9.17, 15) is 0 Å². The van der Waals surface area contributed by atoms with Crippen molar-refractivity contribution in [3.63, 3.8) is 0 Å². The number of thioether (sulfide) groups is 2. The lowest BCUT2D eigenvalue weighted by Gasteiger charge is -1.80. The molecule has 0 bridgehead atoms. The van der Waals surface area contributed by atoms with E-state index in [2.05, 4.69) is 4.99 Å². The summed E-state index contributed by atoms with van der Waals surface area (Å²) < 4.78 is 0. The number of aliphatic imine (C=N–C) groups is 1. The van der Waals surface area contributed by atoms with Crippen LogP contribution in [0.4, 0.5) is 0 Å². The molecular weight excluding hydrogens is 126 g/mol. The first-order valence-corrected chi connectivity index (χ1v) is 4.00. The molecule has 7 heavy (non-hydrogen) atoms. The quantitative estimate of drug-likeness (QED) is 0.498. The number of rotatable bonds is 0. The van der Waals surface area contributed by atoms with Crippen molar-refractivity contribution in [1.29, 1.82) is 0 Å². The van der Waals surface area contributed by atoms with Gasteiger partial charge in [-0.15, -0.1) is 23.5 Å². The van der Waals surface area contributed by atoms with Crippen LogP contribution in [0.1, 0.15) is 0 Å². The Hall–Kier alpha value is 0.110. The minimum atomic E-state index is 1.10. The van der Waals surface area contributed by atoms with E-state index in [4.69, 9.17) is 0 Å². The van der Waals surface area contributed by atoms with Gasteiger partial charge in [-0.3, -0.25) is 4.99 Å². The zero-order chi connectivity index (χ0) is 4.95. The first-order chi connectivity index (χ1) is 3.50. The van der Waals surface area contributed by atoms with E-state index in [1.165, 1.54) is 0 Å². The van der Waals surface area contributed by atoms with E-state index in [1.807, 2.05) is 17.2 Å².